The first-order valence-corrected chi connectivity index (χ1v) is 11.8. The van der Waals surface area contributed by atoms with Crippen LogP contribution in [-0.2, 0) is 6.18 Å². The predicted octanol–water partition coefficient (Wildman–Crippen LogP) is 5.95. The SMILES string of the molecule is Cc1nc(-c2ccccc2)nc(N2CCCN(C(=O)c3cccc(C(F)(F)F)c3)CC2)c1C(C)C. The Labute approximate surface area is 203 Å². The molecule has 1 saturated heterocycles. The van der Waals surface area contributed by atoms with Crippen molar-refractivity contribution in [2.24, 2.45) is 0 Å². The highest BCUT2D eigenvalue weighted by atomic mass is 19.4. The molecule has 184 valence electrons. The second-order valence-corrected chi connectivity index (χ2v) is 9.10. The van der Waals surface area contributed by atoms with E-state index in [9.17, 15) is 18.0 Å². The van der Waals surface area contributed by atoms with Crippen molar-refractivity contribution in [1.82, 2.24) is 14.9 Å². The van der Waals surface area contributed by atoms with Gasteiger partial charge in [-0.05, 0) is 37.5 Å². The number of hydrogen-bond acceptors (Lipinski definition) is 4. The van der Waals surface area contributed by atoms with Gasteiger partial charge in [0.25, 0.3) is 5.91 Å². The number of aromatic nitrogens is 2. The molecule has 1 amide bonds. The molecule has 1 aromatic heterocycles. The molecule has 2 heterocycles. The van der Waals surface area contributed by atoms with E-state index in [2.05, 4.69) is 18.7 Å². The van der Waals surface area contributed by atoms with Crippen LogP contribution < -0.4 is 4.90 Å². The third-order valence-corrected chi connectivity index (χ3v) is 6.24. The van der Waals surface area contributed by atoms with Crippen LogP contribution in [0.25, 0.3) is 11.4 Å². The van der Waals surface area contributed by atoms with Crippen LogP contribution in [0, 0.1) is 6.92 Å². The third-order valence-electron chi connectivity index (χ3n) is 6.24. The molecular formula is C27H29F3N4O. The molecular weight excluding hydrogens is 453 g/mol. The second-order valence-electron chi connectivity index (χ2n) is 9.10. The molecule has 0 spiro atoms. The number of anilines is 1. The first kappa shape index (κ1) is 24.7. The predicted molar refractivity (Wildman–Crippen MR) is 130 cm³/mol. The second kappa shape index (κ2) is 10.1. The van der Waals surface area contributed by atoms with E-state index in [0.717, 1.165) is 34.8 Å². The zero-order chi connectivity index (χ0) is 25.2. The van der Waals surface area contributed by atoms with Crippen LogP contribution in [0.3, 0.4) is 0 Å². The molecule has 0 saturated carbocycles. The van der Waals surface area contributed by atoms with Crippen molar-refractivity contribution in [3.8, 4) is 11.4 Å². The van der Waals surface area contributed by atoms with E-state index in [1.807, 2.05) is 37.3 Å². The number of amides is 1. The van der Waals surface area contributed by atoms with Crippen LogP contribution in [0.2, 0.25) is 0 Å². The molecule has 3 aromatic rings. The lowest BCUT2D eigenvalue weighted by molar-refractivity contribution is -0.137. The maximum Gasteiger partial charge on any atom is 0.416 e. The fraction of sp³-hybridized carbons (Fsp3) is 0.370. The van der Waals surface area contributed by atoms with Crippen LogP contribution in [0.4, 0.5) is 19.0 Å². The molecule has 5 nitrogen and oxygen atoms in total. The van der Waals surface area contributed by atoms with Gasteiger partial charge in [0.1, 0.15) is 5.82 Å². The highest BCUT2D eigenvalue weighted by Crippen LogP contribution is 2.32. The van der Waals surface area contributed by atoms with Gasteiger partial charge in [-0.3, -0.25) is 4.79 Å². The number of aryl methyl sites for hydroxylation is 1. The van der Waals surface area contributed by atoms with Crippen molar-refractivity contribution in [2.75, 3.05) is 31.1 Å². The van der Waals surface area contributed by atoms with Crippen LogP contribution >= 0.6 is 0 Å². The van der Waals surface area contributed by atoms with Gasteiger partial charge in [-0.15, -0.1) is 0 Å². The topological polar surface area (TPSA) is 49.3 Å². The molecule has 1 aliphatic rings. The summed E-state index contributed by atoms with van der Waals surface area (Å²) in [6, 6.07) is 14.4. The summed E-state index contributed by atoms with van der Waals surface area (Å²) in [6.07, 6.45) is -3.80. The Kier molecular flexibility index (Phi) is 7.10. The normalized spacial score (nSPS) is 14.8. The molecule has 0 unspecified atom stereocenters. The number of halogens is 3. The number of carbonyl (C=O) groups excluding carboxylic acids is 1. The fourth-order valence-electron chi connectivity index (χ4n) is 4.54. The number of carbonyl (C=O) groups is 1. The van der Waals surface area contributed by atoms with E-state index in [-0.39, 0.29) is 17.4 Å². The number of hydrogen-bond donors (Lipinski definition) is 0. The summed E-state index contributed by atoms with van der Waals surface area (Å²) in [5.74, 6) is 1.34. The van der Waals surface area contributed by atoms with Gasteiger partial charge in [0.05, 0.1) is 5.56 Å². The molecule has 2 aromatic carbocycles. The van der Waals surface area contributed by atoms with Crippen molar-refractivity contribution in [2.45, 2.75) is 39.3 Å². The van der Waals surface area contributed by atoms with Crippen LogP contribution in [0.15, 0.2) is 54.6 Å². The van der Waals surface area contributed by atoms with E-state index in [4.69, 9.17) is 9.97 Å². The average molecular weight is 483 g/mol. The van der Waals surface area contributed by atoms with E-state index in [1.54, 1.807) is 4.90 Å². The summed E-state index contributed by atoms with van der Waals surface area (Å²) in [7, 11) is 0. The van der Waals surface area contributed by atoms with Crippen molar-refractivity contribution >= 4 is 11.7 Å². The average Bonchev–Trinajstić information content (AvgIpc) is 3.09. The molecule has 1 fully saturated rings. The Hall–Kier alpha value is -3.42. The molecule has 0 N–H and O–H groups in total. The minimum Gasteiger partial charge on any atom is -0.354 e. The maximum atomic E-state index is 13.1. The first-order chi connectivity index (χ1) is 16.6. The summed E-state index contributed by atoms with van der Waals surface area (Å²) < 4.78 is 39.4. The monoisotopic (exact) mass is 482 g/mol. The summed E-state index contributed by atoms with van der Waals surface area (Å²) in [6.45, 7) is 8.31. The van der Waals surface area contributed by atoms with E-state index < -0.39 is 11.7 Å². The smallest absolute Gasteiger partial charge is 0.354 e. The Morgan fingerprint density at radius 1 is 0.943 bits per heavy atom. The Morgan fingerprint density at radius 2 is 1.69 bits per heavy atom. The summed E-state index contributed by atoms with van der Waals surface area (Å²) in [5, 5.41) is 0. The standard InChI is InChI=1S/C27H29F3N4O/c1-18(2)23-19(3)31-24(20-9-5-4-6-10-20)32-25(23)33-13-8-14-34(16-15-33)26(35)21-11-7-12-22(17-21)27(28,29)30/h4-7,9-12,17-18H,8,13-16H2,1-3H3. The lowest BCUT2D eigenvalue weighted by Crippen LogP contribution is -2.36. The van der Waals surface area contributed by atoms with Crippen LogP contribution in [0.5, 0.6) is 0 Å². The van der Waals surface area contributed by atoms with Crippen molar-refractivity contribution in [1.29, 1.82) is 0 Å². The molecule has 0 bridgehead atoms. The molecule has 8 heteroatoms. The van der Waals surface area contributed by atoms with E-state index >= 15 is 0 Å². The zero-order valence-electron chi connectivity index (χ0n) is 20.1. The van der Waals surface area contributed by atoms with Gasteiger partial charge in [-0.2, -0.15) is 13.2 Å². The van der Waals surface area contributed by atoms with Crippen molar-refractivity contribution in [3.63, 3.8) is 0 Å². The number of nitrogens with zero attached hydrogens (tertiary/aromatic N) is 4. The van der Waals surface area contributed by atoms with E-state index in [0.29, 0.717) is 38.4 Å². The lowest BCUT2D eigenvalue weighted by Gasteiger charge is -2.27. The van der Waals surface area contributed by atoms with Crippen molar-refractivity contribution < 1.29 is 18.0 Å². The highest BCUT2D eigenvalue weighted by molar-refractivity contribution is 5.94. The maximum absolute atomic E-state index is 13.1. The van der Waals surface area contributed by atoms with Crippen molar-refractivity contribution in [3.05, 3.63) is 77.0 Å². The van der Waals surface area contributed by atoms with Gasteiger partial charge in [-0.25, -0.2) is 9.97 Å². The molecule has 35 heavy (non-hydrogen) atoms. The lowest BCUT2D eigenvalue weighted by atomic mass is 10.0. The minimum atomic E-state index is -4.49. The van der Waals surface area contributed by atoms with Gasteiger partial charge in [0.15, 0.2) is 5.82 Å². The highest BCUT2D eigenvalue weighted by Gasteiger charge is 2.32. The van der Waals surface area contributed by atoms with E-state index in [1.165, 1.54) is 12.1 Å². The summed E-state index contributed by atoms with van der Waals surface area (Å²) in [5.41, 5.74) is 2.17. The van der Waals surface area contributed by atoms with Gasteiger partial charge < -0.3 is 9.80 Å². The van der Waals surface area contributed by atoms with Crippen LogP contribution in [-0.4, -0.2) is 47.0 Å². The van der Waals surface area contributed by atoms with Gasteiger partial charge in [-0.1, -0.05) is 50.2 Å². The Balaban J connectivity index is 1.60. The first-order valence-electron chi connectivity index (χ1n) is 11.8. The molecule has 4 rings (SSSR count). The zero-order valence-corrected chi connectivity index (χ0v) is 20.1. The third kappa shape index (κ3) is 5.47. The summed E-state index contributed by atoms with van der Waals surface area (Å²) in [4.78, 5) is 26.6. The molecule has 0 aliphatic carbocycles. The van der Waals surface area contributed by atoms with Crippen LogP contribution in [0.1, 0.15) is 53.4 Å². The Bertz CT molecular complexity index is 1190. The molecule has 1 aliphatic heterocycles. The molecule has 0 radical (unpaired) electrons. The molecule has 0 atom stereocenters. The largest absolute Gasteiger partial charge is 0.416 e. The summed E-state index contributed by atoms with van der Waals surface area (Å²) >= 11 is 0. The fourth-order valence-corrected chi connectivity index (χ4v) is 4.54. The van der Waals surface area contributed by atoms with Gasteiger partial charge in [0.2, 0.25) is 0 Å². The number of benzene rings is 2. The quantitative estimate of drug-likeness (QED) is 0.461. The number of rotatable bonds is 4. The Morgan fingerprint density at radius 3 is 2.37 bits per heavy atom. The number of alkyl halides is 3. The van der Waals surface area contributed by atoms with Gasteiger partial charge >= 0.3 is 6.18 Å². The minimum absolute atomic E-state index is 0.0559. The van der Waals surface area contributed by atoms with Gasteiger partial charge in [0, 0.05) is 48.6 Å².